The summed E-state index contributed by atoms with van der Waals surface area (Å²) in [5.41, 5.74) is 3.69. The molecule has 170 valence electrons. The summed E-state index contributed by atoms with van der Waals surface area (Å²) in [6.45, 7) is 4.57. The van der Waals surface area contributed by atoms with Crippen molar-refractivity contribution in [2.24, 2.45) is 22.7 Å². The van der Waals surface area contributed by atoms with E-state index in [1.54, 1.807) is 0 Å². The number of rotatable bonds is 8. The minimum absolute atomic E-state index is 0.334. The fourth-order valence-corrected chi connectivity index (χ4v) is 7.19. The van der Waals surface area contributed by atoms with Crippen molar-refractivity contribution in [3.05, 3.63) is 35.4 Å². The summed E-state index contributed by atoms with van der Waals surface area (Å²) in [7, 11) is 0. The highest BCUT2D eigenvalue weighted by molar-refractivity contribution is 5.38. The topological polar surface area (TPSA) is 0 Å². The molecule has 0 aliphatic heterocycles. The Bertz CT molecular complexity index is 710. The Morgan fingerprint density at radius 1 is 0.774 bits per heavy atom. The van der Waals surface area contributed by atoms with Gasteiger partial charge < -0.3 is 0 Å². The van der Waals surface area contributed by atoms with Gasteiger partial charge in [0.1, 0.15) is 0 Å². The number of hydrogen-bond acceptors (Lipinski definition) is 0. The highest BCUT2D eigenvalue weighted by Crippen LogP contribution is 2.62. The third-order valence-electron chi connectivity index (χ3n) is 9.45. The van der Waals surface area contributed by atoms with Crippen LogP contribution in [0.15, 0.2) is 24.3 Å². The Kier molecular flexibility index (Phi) is 7.85. The van der Waals surface area contributed by atoms with Gasteiger partial charge in [-0.05, 0) is 92.7 Å². The molecule has 4 aliphatic rings. The largest absolute Gasteiger partial charge is 0.0911 e. The molecule has 31 heavy (non-hydrogen) atoms. The lowest BCUT2D eigenvalue weighted by atomic mass is 9.48. The van der Waals surface area contributed by atoms with E-state index in [4.69, 9.17) is 0 Å². The molecule has 5 rings (SSSR count). The van der Waals surface area contributed by atoms with Gasteiger partial charge in [-0.1, -0.05) is 89.2 Å². The first kappa shape index (κ1) is 23.0. The van der Waals surface area contributed by atoms with Crippen molar-refractivity contribution < 1.29 is 0 Å². The van der Waals surface area contributed by atoms with Gasteiger partial charge in [0, 0.05) is 11.0 Å². The van der Waals surface area contributed by atoms with E-state index in [0.29, 0.717) is 10.8 Å². The smallest absolute Gasteiger partial charge is 0.0319 e. The van der Waals surface area contributed by atoms with Crippen molar-refractivity contribution in [3.63, 3.8) is 0 Å². The minimum atomic E-state index is 0.334. The number of aryl methyl sites for hydroxylation is 1. The van der Waals surface area contributed by atoms with Crippen molar-refractivity contribution in [2.45, 2.75) is 123 Å². The Morgan fingerprint density at radius 3 is 2.06 bits per heavy atom. The molecule has 1 aromatic carbocycles. The van der Waals surface area contributed by atoms with Crippen LogP contribution in [0.1, 0.15) is 128 Å². The molecule has 0 unspecified atom stereocenters. The predicted molar refractivity (Wildman–Crippen MR) is 134 cm³/mol. The van der Waals surface area contributed by atoms with Crippen LogP contribution in [0.5, 0.6) is 0 Å². The maximum absolute atomic E-state index is 3.80. The first-order chi connectivity index (χ1) is 15.2. The van der Waals surface area contributed by atoms with Crippen LogP contribution in [0.25, 0.3) is 0 Å². The van der Waals surface area contributed by atoms with E-state index >= 15 is 0 Å². The second kappa shape index (κ2) is 10.6. The molecule has 0 aromatic heterocycles. The van der Waals surface area contributed by atoms with Gasteiger partial charge in [0.05, 0.1) is 0 Å². The van der Waals surface area contributed by atoms with Crippen molar-refractivity contribution in [1.82, 2.24) is 0 Å². The van der Waals surface area contributed by atoms with Crippen LogP contribution in [-0.2, 0) is 6.42 Å². The highest BCUT2D eigenvalue weighted by atomic mass is 14.6. The van der Waals surface area contributed by atoms with E-state index in [1.807, 2.05) is 0 Å². The molecule has 0 amide bonds. The van der Waals surface area contributed by atoms with Crippen LogP contribution in [0.4, 0.5) is 0 Å². The molecular formula is C31H46. The van der Waals surface area contributed by atoms with E-state index in [1.165, 1.54) is 120 Å². The van der Waals surface area contributed by atoms with Crippen molar-refractivity contribution in [3.8, 4) is 11.8 Å². The highest BCUT2D eigenvalue weighted by Gasteiger charge is 2.51. The maximum Gasteiger partial charge on any atom is 0.0319 e. The fraction of sp³-hybridized carbons (Fsp3) is 0.742. The van der Waals surface area contributed by atoms with Gasteiger partial charge >= 0.3 is 0 Å². The minimum Gasteiger partial charge on any atom is -0.0911 e. The molecule has 2 bridgehead atoms. The van der Waals surface area contributed by atoms with Crippen molar-refractivity contribution >= 4 is 0 Å². The molecule has 4 fully saturated rings. The predicted octanol–water partition coefficient (Wildman–Crippen LogP) is 9.11. The van der Waals surface area contributed by atoms with E-state index in [9.17, 15) is 0 Å². The molecule has 1 aromatic rings. The number of fused-ring (bicyclic) bond motifs is 3. The fourth-order valence-electron chi connectivity index (χ4n) is 7.19. The average molecular weight is 419 g/mol. The SMILES string of the molecule is CCCCCC[C@H]1CC[C@H](C23CCC(C#Cc4ccc(CCC)cc4)(CC2)CC3)CC1. The summed E-state index contributed by atoms with van der Waals surface area (Å²) < 4.78 is 0. The van der Waals surface area contributed by atoms with Gasteiger partial charge in [0.15, 0.2) is 0 Å². The van der Waals surface area contributed by atoms with Crippen molar-refractivity contribution in [2.75, 3.05) is 0 Å². The summed E-state index contributed by atoms with van der Waals surface area (Å²) >= 11 is 0. The summed E-state index contributed by atoms with van der Waals surface area (Å²) in [5.74, 6) is 9.45. The monoisotopic (exact) mass is 418 g/mol. The molecular weight excluding hydrogens is 372 g/mol. The Labute approximate surface area is 193 Å². The lowest BCUT2D eigenvalue weighted by Gasteiger charge is -2.56. The van der Waals surface area contributed by atoms with Crippen LogP contribution in [0, 0.1) is 34.5 Å². The molecule has 0 N–H and O–H groups in total. The van der Waals surface area contributed by atoms with Gasteiger partial charge in [0.2, 0.25) is 0 Å². The molecule has 4 saturated carbocycles. The molecule has 0 heteroatoms. The number of unbranched alkanes of at least 4 members (excludes halogenated alkanes) is 3. The average Bonchev–Trinajstić information content (AvgIpc) is 2.83. The summed E-state index contributed by atoms with van der Waals surface area (Å²) in [5, 5.41) is 0. The van der Waals surface area contributed by atoms with E-state index < -0.39 is 0 Å². The molecule has 0 heterocycles. The van der Waals surface area contributed by atoms with Crippen LogP contribution in [-0.4, -0.2) is 0 Å². The van der Waals surface area contributed by atoms with E-state index in [2.05, 4.69) is 50.0 Å². The Balaban J connectivity index is 1.27. The first-order valence-corrected chi connectivity index (χ1v) is 13.8. The zero-order valence-corrected chi connectivity index (χ0v) is 20.5. The second-order valence-electron chi connectivity index (χ2n) is 11.4. The third-order valence-corrected chi connectivity index (χ3v) is 9.45. The standard InChI is InChI=1S/C31H46/c1-3-5-6-7-9-27-14-16-29(17-15-27)31-23-20-30(21-24-31,22-25-31)19-18-28-12-10-26(8-4-2)11-13-28/h10-13,27,29H,3-9,14-17,20-25H2,1-2H3/t27-,29-,30?,31?. The lowest BCUT2D eigenvalue weighted by molar-refractivity contribution is -0.0379. The number of benzene rings is 1. The van der Waals surface area contributed by atoms with Gasteiger partial charge in [-0.3, -0.25) is 0 Å². The quantitative estimate of drug-likeness (QED) is 0.291. The normalized spacial score (nSPS) is 32.5. The Morgan fingerprint density at radius 2 is 1.45 bits per heavy atom. The molecule has 0 nitrogen and oxygen atoms in total. The van der Waals surface area contributed by atoms with Crippen LogP contribution >= 0.6 is 0 Å². The van der Waals surface area contributed by atoms with Crippen LogP contribution in [0.2, 0.25) is 0 Å². The molecule has 0 saturated heterocycles. The Hall–Kier alpha value is -1.22. The van der Waals surface area contributed by atoms with E-state index in [-0.39, 0.29) is 0 Å². The lowest BCUT2D eigenvalue weighted by Crippen LogP contribution is -2.45. The van der Waals surface area contributed by atoms with Gasteiger partial charge in [-0.15, -0.1) is 0 Å². The summed E-state index contributed by atoms with van der Waals surface area (Å²) in [6, 6.07) is 9.03. The van der Waals surface area contributed by atoms with Crippen molar-refractivity contribution in [1.29, 1.82) is 0 Å². The third kappa shape index (κ3) is 5.59. The van der Waals surface area contributed by atoms with Crippen LogP contribution in [0.3, 0.4) is 0 Å². The molecule has 4 aliphatic carbocycles. The number of hydrogen-bond donors (Lipinski definition) is 0. The molecule has 0 radical (unpaired) electrons. The maximum atomic E-state index is 3.80. The zero-order valence-electron chi connectivity index (χ0n) is 20.5. The summed E-state index contributed by atoms with van der Waals surface area (Å²) in [4.78, 5) is 0. The van der Waals surface area contributed by atoms with E-state index in [0.717, 1.165) is 11.8 Å². The summed E-state index contributed by atoms with van der Waals surface area (Å²) in [6.07, 6.45) is 24.3. The van der Waals surface area contributed by atoms with Gasteiger partial charge in [-0.25, -0.2) is 0 Å². The molecule has 0 atom stereocenters. The molecule has 0 spiro atoms. The van der Waals surface area contributed by atoms with Gasteiger partial charge in [0.25, 0.3) is 0 Å². The van der Waals surface area contributed by atoms with Gasteiger partial charge in [-0.2, -0.15) is 0 Å². The zero-order chi connectivity index (χ0) is 21.6. The van der Waals surface area contributed by atoms with Crippen LogP contribution < -0.4 is 0 Å². The second-order valence-corrected chi connectivity index (χ2v) is 11.4. The first-order valence-electron chi connectivity index (χ1n) is 13.8.